The number of benzene rings is 1. The number of hydrogen-bond donors (Lipinski definition) is 2. The van der Waals surface area contributed by atoms with E-state index < -0.39 is 74.1 Å². The average Bonchev–Trinajstić information content (AvgIpc) is 3.66. The topological polar surface area (TPSA) is 216 Å². The number of anilines is 1. The van der Waals surface area contributed by atoms with Gasteiger partial charge in [-0.05, 0) is 48.6 Å². The van der Waals surface area contributed by atoms with Crippen molar-refractivity contribution >= 4 is 37.0 Å². The number of hydrogen-bond acceptors (Lipinski definition) is 14. The van der Waals surface area contributed by atoms with Crippen LogP contribution in [0.1, 0.15) is 80.0 Å². The quantitative estimate of drug-likeness (QED) is 0.119. The van der Waals surface area contributed by atoms with Gasteiger partial charge in [0.05, 0.1) is 30.7 Å². The normalized spacial score (nSPS) is 21.9. The van der Waals surface area contributed by atoms with Crippen LogP contribution in [-0.4, -0.2) is 70.1 Å². The number of nitrogen functional groups attached to an aromatic ring is 1. The first-order valence-electron chi connectivity index (χ1n) is 17.4. The SMILES string of the molecule is CCCOC(=O)[C@H](C)NP(=O)(OC[C@H]1O[C@@](C#N)(c2ccc3c(N)ncnn23)[C@H](OC(=O)C(C)C)[C@@H]1OC(=O)C(C)C)Oc1ccc(C(C)(C)C)cc1. The fourth-order valence-electron chi connectivity index (χ4n) is 5.37. The van der Waals surface area contributed by atoms with Crippen LogP contribution >= 0.6 is 7.75 Å². The van der Waals surface area contributed by atoms with Gasteiger partial charge in [0.1, 0.15) is 35.8 Å². The molecule has 53 heavy (non-hydrogen) atoms. The molecule has 288 valence electrons. The first-order valence-corrected chi connectivity index (χ1v) is 19.0. The molecule has 1 saturated heterocycles. The van der Waals surface area contributed by atoms with E-state index in [1.54, 1.807) is 45.9 Å². The zero-order chi connectivity index (χ0) is 39.3. The number of nitrogens with zero attached hydrogens (tertiary/aromatic N) is 4. The van der Waals surface area contributed by atoms with Gasteiger partial charge in [-0.15, -0.1) is 0 Å². The number of rotatable bonds is 15. The van der Waals surface area contributed by atoms with Crippen LogP contribution in [-0.2, 0) is 53.4 Å². The summed E-state index contributed by atoms with van der Waals surface area (Å²) in [5.74, 6) is -3.14. The summed E-state index contributed by atoms with van der Waals surface area (Å²) in [6.45, 7) is 15.3. The van der Waals surface area contributed by atoms with Crippen molar-refractivity contribution in [3.63, 3.8) is 0 Å². The Morgan fingerprint density at radius 3 is 2.26 bits per heavy atom. The number of nitrogens with one attached hydrogen (secondary N) is 1. The molecule has 0 bridgehead atoms. The number of aromatic nitrogens is 3. The zero-order valence-corrected chi connectivity index (χ0v) is 32.4. The van der Waals surface area contributed by atoms with Crippen molar-refractivity contribution in [2.24, 2.45) is 11.8 Å². The molecule has 1 unspecified atom stereocenters. The summed E-state index contributed by atoms with van der Waals surface area (Å²) in [6.07, 6.45) is -2.69. The number of nitrogens with two attached hydrogens (primary N) is 1. The van der Waals surface area contributed by atoms with Crippen molar-refractivity contribution in [1.82, 2.24) is 19.7 Å². The summed E-state index contributed by atoms with van der Waals surface area (Å²) in [5.41, 5.74) is 5.14. The molecule has 3 heterocycles. The van der Waals surface area contributed by atoms with Crippen LogP contribution in [0.4, 0.5) is 5.82 Å². The number of ether oxygens (including phenoxy) is 4. The minimum Gasteiger partial charge on any atom is -0.465 e. The van der Waals surface area contributed by atoms with Gasteiger partial charge in [-0.3, -0.25) is 18.9 Å². The fourth-order valence-corrected chi connectivity index (χ4v) is 6.87. The second-order valence-corrected chi connectivity index (χ2v) is 16.1. The van der Waals surface area contributed by atoms with Crippen LogP contribution in [0.3, 0.4) is 0 Å². The van der Waals surface area contributed by atoms with E-state index in [1.807, 2.05) is 39.8 Å². The molecule has 4 rings (SSSR count). The molecule has 16 nitrogen and oxygen atoms in total. The lowest BCUT2D eigenvalue weighted by Gasteiger charge is -2.29. The molecular weight excluding hydrogens is 707 g/mol. The van der Waals surface area contributed by atoms with Crippen molar-refractivity contribution in [3.8, 4) is 11.8 Å². The molecule has 3 aromatic rings. The number of carbonyl (C=O) groups is 3. The van der Waals surface area contributed by atoms with E-state index >= 15 is 0 Å². The van der Waals surface area contributed by atoms with Crippen LogP contribution in [0, 0.1) is 23.2 Å². The van der Waals surface area contributed by atoms with Gasteiger partial charge in [0.2, 0.25) is 5.60 Å². The smallest absolute Gasteiger partial charge is 0.459 e. The Hall–Kier alpha value is -4.55. The van der Waals surface area contributed by atoms with Crippen molar-refractivity contribution < 1.29 is 46.9 Å². The minimum atomic E-state index is -4.49. The highest BCUT2D eigenvalue weighted by Gasteiger charge is 2.63. The zero-order valence-electron chi connectivity index (χ0n) is 31.5. The maximum Gasteiger partial charge on any atom is 0.459 e. The Morgan fingerprint density at radius 1 is 1.04 bits per heavy atom. The number of nitriles is 1. The van der Waals surface area contributed by atoms with Crippen LogP contribution < -0.4 is 15.3 Å². The van der Waals surface area contributed by atoms with Crippen molar-refractivity contribution in [2.75, 3.05) is 18.9 Å². The largest absolute Gasteiger partial charge is 0.465 e. The standard InChI is InChI=1S/C36H49N6O10P/c1-10-17-47-34(45)23(6)41-53(46,52-25-13-11-24(12-14-25)35(7,8)9)48-18-27-29(49-32(43)21(2)3)30(50-33(44)22(4)5)36(19-37,51-27)28-16-15-26-31(38)39-20-40-42(26)28/h11-16,20-23,27,29-30H,10,17-18H2,1-9H3,(H,41,46)(H2,38,39,40)/t23-,27+,29+,30+,36-,53?/m0/s1. The van der Waals surface area contributed by atoms with Gasteiger partial charge in [-0.2, -0.15) is 15.4 Å². The lowest BCUT2D eigenvalue weighted by Crippen LogP contribution is -2.47. The van der Waals surface area contributed by atoms with Crippen LogP contribution in [0.2, 0.25) is 0 Å². The summed E-state index contributed by atoms with van der Waals surface area (Å²) < 4.78 is 51.2. The summed E-state index contributed by atoms with van der Waals surface area (Å²) >= 11 is 0. The molecule has 0 saturated carbocycles. The summed E-state index contributed by atoms with van der Waals surface area (Å²) in [6, 6.07) is 10.9. The van der Waals surface area contributed by atoms with Gasteiger partial charge in [0.15, 0.2) is 18.0 Å². The highest BCUT2D eigenvalue weighted by Crippen LogP contribution is 2.49. The van der Waals surface area contributed by atoms with Gasteiger partial charge in [0, 0.05) is 0 Å². The second-order valence-electron chi connectivity index (χ2n) is 14.4. The van der Waals surface area contributed by atoms with E-state index in [4.69, 9.17) is 33.7 Å². The van der Waals surface area contributed by atoms with Crippen LogP contribution in [0.25, 0.3) is 5.52 Å². The van der Waals surface area contributed by atoms with E-state index in [0.29, 0.717) is 11.9 Å². The third-order valence-electron chi connectivity index (χ3n) is 8.38. The molecule has 6 atom stereocenters. The maximum absolute atomic E-state index is 14.6. The molecule has 2 aromatic heterocycles. The Bertz CT molecular complexity index is 1870. The molecule has 1 fully saturated rings. The van der Waals surface area contributed by atoms with Crippen LogP contribution in [0.15, 0.2) is 42.7 Å². The minimum absolute atomic E-state index is 0.0857. The van der Waals surface area contributed by atoms with Crippen LogP contribution in [0.5, 0.6) is 5.75 Å². The highest BCUT2D eigenvalue weighted by molar-refractivity contribution is 7.52. The van der Waals surface area contributed by atoms with E-state index in [2.05, 4.69) is 21.2 Å². The lowest BCUT2D eigenvalue weighted by atomic mass is 9.87. The van der Waals surface area contributed by atoms with Gasteiger partial charge in [-0.25, -0.2) is 14.1 Å². The Labute approximate surface area is 309 Å². The molecule has 17 heteroatoms. The summed E-state index contributed by atoms with van der Waals surface area (Å²) in [7, 11) is -4.49. The lowest BCUT2D eigenvalue weighted by molar-refractivity contribution is -0.173. The Balaban J connectivity index is 1.79. The predicted octanol–water partition coefficient (Wildman–Crippen LogP) is 5.00. The fraction of sp³-hybridized carbons (Fsp3) is 0.556. The first-order chi connectivity index (χ1) is 24.9. The monoisotopic (exact) mass is 756 g/mol. The van der Waals surface area contributed by atoms with E-state index in [9.17, 15) is 24.2 Å². The van der Waals surface area contributed by atoms with Gasteiger partial charge < -0.3 is 29.2 Å². The number of fused-ring (bicyclic) bond motifs is 1. The predicted molar refractivity (Wildman–Crippen MR) is 192 cm³/mol. The van der Waals surface area contributed by atoms with Gasteiger partial charge in [0.25, 0.3) is 0 Å². The third kappa shape index (κ3) is 9.34. The van der Waals surface area contributed by atoms with Crippen molar-refractivity contribution in [2.45, 2.75) is 104 Å². The molecule has 3 N–H and O–H groups in total. The molecule has 1 aromatic carbocycles. The summed E-state index contributed by atoms with van der Waals surface area (Å²) in [5, 5.41) is 17.8. The number of carbonyl (C=O) groups excluding carboxylic acids is 3. The Morgan fingerprint density at radius 2 is 1.68 bits per heavy atom. The second kappa shape index (κ2) is 16.6. The van der Waals surface area contributed by atoms with E-state index in [1.165, 1.54) is 23.8 Å². The maximum atomic E-state index is 14.6. The molecule has 0 radical (unpaired) electrons. The molecular formula is C36H49N6O10P. The summed E-state index contributed by atoms with van der Waals surface area (Å²) in [4.78, 5) is 43.1. The van der Waals surface area contributed by atoms with Gasteiger partial charge >= 0.3 is 25.7 Å². The molecule has 1 aliphatic rings. The Kier molecular flexibility index (Phi) is 12.9. The molecule has 0 amide bonds. The first kappa shape index (κ1) is 41.2. The molecule has 0 spiro atoms. The van der Waals surface area contributed by atoms with Crippen molar-refractivity contribution in [3.05, 3.63) is 54.0 Å². The molecule has 1 aliphatic heterocycles. The van der Waals surface area contributed by atoms with Crippen molar-refractivity contribution in [1.29, 1.82) is 5.26 Å². The molecule has 0 aliphatic carbocycles. The highest BCUT2D eigenvalue weighted by atomic mass is 31.2. The number of esters is 3. The third-order valence-corrected chi connectivity index (χ3v) is 10.0. The van der Waals surface area contributed by atoms with Gasteiger partial charge in [-0.1, -0.05) is 67.5 Å². The average molecular weight is 757 g/mol. The van der Waals surface area contributed by atoms with E-state index in [0.717, 1.165) is 5.56 Å². The van der Waals surface area contributed by atoms with E-state index in [-0.39, 0.29) is 29.3 Å².